The fourth-order valence-corrected chi connectivity index (χ4v) is 2.25. The molecule has 0 bridgehead atoms. The Morgan fingerprint density at radius 1 is 1.00 bits per heavy atom. The van der Waals surface area contributed by atoms with Crippen LogP contribution in [0.15, 0.2) is 35.2 Å². The lowest BCUT2D eigenvalue weighted by atomic mass is 9.95. The van der Waals surface area contributed by atoms with Crippen LogP contribution in [0.2, 0.25) is 0 Å². The molecule has 0 aliphatic heterocycles. The molecule has 17 heavy (non-hydrogen) atoms. The zero-order valence-electron chi connectivity index (χ0n) is 8.28. The summed E-state index contributed by atoms with van der Waals surface area (Å²) in [5.74, 6) is -1.07. The molecule has 0 atom stereocenters. The van der Waals surface area contributed by atoms with Crippen LogP contribution in [0.3, 0.4) is 0 Å². The van der Waals surface area contributed by atoms with Crippen LogP contribution in [0.25, 0.3) is 0 Å². The smallest absolute Gasteiger partial charge is 0.289 e. The molecule has 5 nitrogen and oxygen atoms in total. The van der Waals surface area contributed by atoms with Gasteiger partial charge in [-0.05, 0) is 18.2 Å². The summed E-state index contributed by atoms with van der Waals surface area (Å²) in [4.78, 5) is 22.3. The largest absolute Gasteiger partial charge is 0.295 e. The summed E-state index contributed by atoms with van der Waals surface area (Å²) >= 11 is 0. The molecule has 1 N–H and O–H groups in total. The summed E-state index contributed by atoms with van der Waals surface area (Å²) in [6, 6.07) is 3.72. The molecule has 1 aromatic carbocycles. The number of carbonyl (C=O) groups is 2. The zero-order chi connectivity index (χ0) is 11.9. The average molecular weight is 275 g/mol. The van der Waals surface area contributed by atoms with Crippen molar-refractivity contribution >= 4 is 34.1 Å². The second kappa shape index (κ2) is 4.40. The van der Waals surface area contributed by atoms with E-state index in [1.165, 1.54) is 12.1 Å². The van der Waals surface area contributed by atoms with Crippen molar-refractivity contribution in [3.8, 4) is 0 Å². The van der Waals surface area contributed by atoms with Gasteiger partial charge in [0.15, 0.2) is 11.6 Å². The minimum atomic E-state index is -4.51. The van der Waals surface area contributed by atoms with E-state index in [1.807, 2.05) is 0 Å². The van der Waals surface area contributed by atoms with Crippen molar-refractivity contribution in [1.82, 2.24) is 0 Å². The van der Waals surface area contributed by atoms with Crippen LogP contribution in [0.4, 0.5) is 0 Å². The Morgan fingerprint density at radius 3 is 2.18 bits per heavy atom. The van der Waals surface area contributed by atoms with Crippen LogP contribution in [0.5, 0.6) is 0 Å². The lowest BCUT2D eigenvalue weighted by molar-refractivity contribution is 0.0991. The van der Waals surface area contributed by atoms with Crippen LogP contribution >= 0.6 is 12.4 Å². The number of carbonyl (C=O) groups excluding carboxylic acids is 2. The lowest BCUT2D eigenvalue weighted by Gasteiger charge is -2.11. The normalized spacial score (nSPS) is 14.2. The lowest BCUT2D eigenvalue weighted by Crippen LogP contribution is -2.16. The number of allylic oxidation sites excluding steroid dienone is 2. The van der Waals surface area contributed by atoms with Crippen molar-refractivity contribution in [3.63, 3.8) is 0 Å². The Bertz CT molecular complexity index is 630. The maximum absolute atomic E-state index is 11.5. The van der Waals surface area contributed by atoms with E-state index in [1.54, 1.807) is 0 Å². The molecular weight excluding hydrogens is 268 g/mol. The van der Waals surface area contributed by atoms with Gasteiger partial charge in [0.2, 0.25) is 0 Å². The monoisotopic (exact) mass is 274 g/mol. The molecule has 7 heteroatoms. The Balaban J connectivity index is 0.00000144. The number of rotatable bonds is 1. The summed E-state index contributed by atoms with van der Waals surface area (Å²) in [5, 5.41) is 0. The highest BCUT2D eigenvalue weighted by Gasteiger charge is 2.26. The molecule has 0 saturated heterocycles. The van der Waals surface area contributed by atoms with Crippen LogP contribution in [0, 0.1) is 0 Å². The van der Waals surface area contributed by atoms with Crippen molar-refractivity contribution in [1.29, 1.82) is 0 Å². The molecule has 0 saturated carbocycles. The molecule has 0 aromatic heterocycles. The number of hydrogen-bond donors (Lipinski definition) is 1. The van der Waals surface area contributed by atoms with Crippen LogP contribution in [0.1, 0.15) is 20.7 Å². The summed E-state index contributed by atoms with van der Waals surface area (Å²) < 4.78 is 31.0. The van der Waals surface area contributed by atoms with Crippen molar-refractivity contribution in [2.24, 2.45) is 0 Å². The van der Waals surface area contributed by atoms with Gasteiger partial charge in [-0.1, -0.05) is 12.1 Å². The second-order valence-electron chi connectivity index (χ2n) is 3.22. The molecule has 1 aromatic rings. The quantitative estimate of drug-likeness (QED) is 0.780. The molecule has 0 spiro atoms. The third kappa shape index (κ3) is 2.28. The molecule has 90 valence electrons. The number of benzene rings is 1. The SMILES string of the molecule is Cl.O=C1C=CC(=O)c2c1cccc2S(=O)(=O)O. The molecule has 0 radical (unpaired) electrons. The first kappa shape index (κ1) is 13.6. The summed E-state index contributed by atoms with van der Waals surface area (Å²) in [6.45, 7) is 0. The van der Waals surface area contributed by atoms with Gasteiger partial charge in [-0.25, -0.2) is 0 Å². The first-order valence-electron chi connectivity index (χ1n) is 4.28. The maximum atomic E-state index is 11.5. The molecule has 2 rings (SSSR count). The van der Waals surface area contributed by atoms with Gasteiger partial charge in [-0.15, -0.1) is 12.4 Å². The summed E-state index contributed by atoms with van der Waals surface area (Å²) in [6.07, 6.45) is 2.05. The van der Waals surface area contributed by atoms with Gasteiger partial charge in [-0.3, -0.25) is 14.1 Å². The highest BCUT2D eigenvalue weighted by Crippen LogP contribution is 2.24. The molecule has 1 aliphatic rings. The fraction of sp³-hybridized carbons (Fsp3) is 0. The predicted molar refractivity (Wildman–Crippen MR) is 61.3 cm³/mol. The fourth-order valence-electron chi connectivity index (χ4n) is 1.53. The van der Waals surface area contributed by atoms with Crippen molar-refractivity contribution in [2.45, 2.75) is 4.90 Å². The Kier molecular flexibility index (Phi) is 3.51. The first-order valence-corrected chi connectivity index (χ1v) is 5.72. The Hall–Kier alpha value is -1.50. The van der Waals surface area contributed by atoms with Gasteiger partial charge in [0, 0.05) is 5.56 Å². The van der Waals surface area contributed by atoms with Gasteiger partial charge in [0.25, 0.3) is 10.1 Å². The van der Waals surface area contributed by atoms with Gasteiger partial charge >= 0.3 is 0 Å². The summed E-state index contributed by atoms with van der Waals surface area (Å²) in [5.41, 5.74) is -0.278. The van der Waals surface area contributed by atoms with E-state index < -0.39 is 26.6 Å². The molecule has 0 heterocycles. The van der Waals surface area contributed by atoms with Gasteiger partial charge < -0.3 is 0 Å². The molecular formula is C10H7ClO5S. The Labute approximate surface area is 103 Å². The van der Waals surface area contributed by atoms with E-state index in [0.29, 0.717) is 0 Å². The predicted octanol–water partition coefficient (Wildman–Crippen LogP) is 1.29. The third-order valence-corrected chi connectivity index (χ3v) is 3.10. The summed E-state index contributed by atoms with van der Waals surface area (Å²) in [7, 11) is -4.51. The average Bonchev–Trinajstić information content (AvgIpc) is 2.22. The molecule has 0 unspecified atom stereocenters. The topological polar surface area (TPSA) is 88.5 Å². The van der Waals surface area contributed by atoms with Gasteiger partial charge in [0.1, 0.15) is 4.90 Å². The number of hydrogen-bond acceptors (Lipinski definition) is 4. The second-order valence-corrected chi connectivity index (χ2v) is 4.61. The van der Waals surface area contributed by atoms with Crippen LogP contribution in [-0.2, 0) is 10.1 Å². The van der Waals surface area contributed by atoms with Crippen LogP contribution < -0.4 is 0 Å². The first-order chi connectivity index (χ1) is 7.41. The molecule has 0 amide bonds. The minimum Gasteiger partial charge on any atom is -0.289 e. The number of halogens is 1. The minimum absolute atomic E-state index is 0. The van der Waals surface area contributed by atoms with Crippen molar-refractivity contribution in [2.75, 3.05) is 0 Å². The van der Waals surface area contributed by atoms with E-state index in [0.717, 1.165) is 18.2 Å². The van der Waals surface area contributed by atoms with Gasteiger partial charge in [-0.2, -0.15) is 8.42 Å². The van der Waals surface area contributed by atoms with E-state index in [2.05, 4.69) is 0 Å². The third-order valence-electron chi connectivity index (χ3n) is 2.20. The van der Waals surface area contributed by atoms with Crippen LogP contribution in [-0.4, -0.2) is 24.5 Å². The van der Waals surface area contributed by atoms with E-state index in [-0.39, 0.29) is 23.5 Å². The zero-order valence-corrected chi connectivity index (χ0v) is 9.92. The van der Waals surface area contributed by atoms with Crippen molar-refractivity contribution in [3.05, 3.63) is 41.5 Å². The Morgan fingerprint density at radius 2 is 1.59 bits per heavy atom. The highest BCUT2D eigenvalue weighted by atomic mass is 35.5. The van der Waals surface area contributed by atoms with E-state index in [4.69, 9.17) is 4.55 Å². The number of fused-ring (bicyclic) bond motifs is 1. The van der Waals surface area contributed by atoms with E-state index in [9.17, 15) is 18.0 Å². The van der Waals surface area contributed by atoms with Crippen molar-refractivity contribution < 1.29 is 22.6 Å². The van der Waals surface area contributed by atoms with Gasteiger partial charge in [0.05, 0.1) is 5.56 Å². The maximum Gasteiger partial charge on any atom is 0.295 e. The molecule has 1 aliphatic carbocycles. The standard InChI is InChI=1S/C10H6O5S.ClH/c11-7-4-5-8(12)10-6(7)2-1-3-9(10)16(13,14)15;/h1-5H,(H,13,14,15);1H. The molecule has 0 fully saturated rings. The highest BCUT2D eigenvalue weighted by molar-refractivity contribution is 7.86. The van der Waals surface area contributed by atoms with E-state index >= 15 is 0 Å². The number of ketones is 2.